The highest BCUT2D eigenvalue weighted by molar-refractivity contribution is 7.91. The zero-order chi connectivity index (χ0) is 22.0. The Bertz CT molecular complexity index is 1010. The van der Waals surface area contributed by atoms with E-state index in [1.807, 2.05) is 6.92 Å². The Morgan fingerprint density at radius 1 is 1.29 bits per heavy atom. The molecule has 0 spiro atoms. The number of nitrogens with zero attached hydrogens (tertiary/aromatic N) is 3. The number of aromatic nitrogens is 2. The predicted molar refractivity (Wildman–Crippen MR) is 118 cm³/mol. The van der Waals surface area contributed by atoms with E-state index in [2.05, 4.69) is 22.4 Å². The lowest BCUT2D eigenvalue weighted by Crippen LogP contribution is -2.48. The summed E-state index contributed by atoms with van der Waals surface area (Å²) in [7, 11) is -3.67. The van der Waals surface area contributed by atoms with E-state index in [-0.39, 0.29) is 28.6 Å². The fourth-order valence-electron chi connectivity index (χ4n) is 4.31. The number of carbonyl (C=O) groups is 1. The number of thiophene rings is 1. The van der Waals surface area contributed by atoms with Crippen molar-refractivity contribution in [3.8, 4) is 11.4 Å². The number of nitrogens with one attached hydrogen (secondary N) is 1. The van der Waals surface area contributed by atoms with E-state index in [0.29, 0.717) is 36.7 Å². The third-order valence-corrected chi connectivity index (χ3v) is 9.60. The van der Waals surface area contributed by atoms with Gasteiger partial charge >= 0.3 is 0 Å². The van der Waals surface area contributed by atoms with Crippen LogP contribution >= 0.6 is 11.3 Å². The number of sulfonamides is 1. The highest BCUT2D eigenvalue weighted by Crippen LogP contribution is 2.31. The third-order valence-electron chi connectivity index (χ3n) is 6.32. The van der Waals surface area contributed by atoms with Crippen LogP contribution < -0.4 is 5.32 Å². The molecule has 10 heteroatoms. The van der Waals surface area contributed by atoms with Gasteiger partial charge in [0, 0.05) is 36.5 Å². The van der Waals surface area contributed by atoms with Crippen molar-refractivity contribution in [2.24, 2.45) is 11.8 Å². The number of hydrogen-bond donors (Lipinski definition) is 1. The van der Waals surface area contributed by atoms with Gasteiger partial charge in [-0.25, -0.2) is 8.42 Å². The van der Waals surface area contributed by atoms with E-state index < -0.39 is 10.0 Å². The standard InChI is InChI=1S/C21H30N4O4S2/c1-3-18-23-20(24-29-18)16-11-19(30-13-16)31(27,28)25-10-4-5-15(12-25)21(26)22-17-8-6-14(2)7-9-17/h11,13-15,17H,3-10,12H2,1-2H3,(H,22,26)/t14?,15-,17?/m1/s1. The highest BCUT2D eigenvalue weighted by atomic mass is 32.2. The van der Waals surface area contributed by atoms with Crippen LogP contribution in [0.15, 0.2) is 20.2 Å². The largest absolute Gasteiger partial charge is 0.353 e. The molecule has 1 N–H and O–H groups in total. The number of amides is 1. The zero-order valence-electron chi connectivity index (χ0n) is 18.0. The van der Waals surface area contributed by atoms with Crippen LogP contribution in [0.2, 0.25) is 0 Å². The van der Waals surface area contributed by atoms with Crippen molar-refractivity contribution in [3.63, 3.8) is 0 Å². The van der Waals surface area contributed by atoms with Crippen LogP contribution in [0.1, 0.15) is 58.3 Å². The van der Waals surface area contributed by atoms with Gasteiger partial charge in [0.25, 0.3) is 10.0 Å². The molecular weight excluding hydrogens is 436 g/mol. The molecule has 2 aromatic heterocycles. The molecule has 0 bridgehead atoms. The Kier molecular flexibility index (Phi) is 6.78. The van der Waals surface area contributed by atoms with Gasteiger partial charge in [-0.2, -0.15) is 9.29 Å². The quantitative estimate of drug-likeness (QED) is 0.699. The second-order valence-corrected chi connectivity index (χ2v) is 11.8. The molecule has 1 saturated heterocycles. The van der Waals surface area contributed by atoms with Crippen LogP contribution in [0.4, 0.5) is 0 Å². The van der Waals surface area contributed by atoms with Crippen molar-refractivity contribution in [2.45, 2.75) is 69.0 Å². The van der Waals surface area contributed by atoms with E-state index >= 15 is 0 Å². The molecule has 1 amide bonds. The van der Waals surface area contributed by atoms with E-state index in [9.17, 15) is 13.2 Å². The van der Waals surface area contributed by atoms with Crippen LogP contribution in [0, 0.1) is 11.8 Å². The number of rotatable bonds is 6. The molecule has 0 unspecified atom stereocenters. The van der Waals surface area contributed by atoms with Crippen molar-refractivity contribution in [3.05, 3.63) is 17.3 Å². The van der Waals surface area contributed by atoms with Crippen LogP contribution in [-0.2, 0) is 21.2 Å². The summed E-state index contributed by atoms with van der Waals surface area (Å²) in [5, 5.41) is 8.82. The molecule has 2 fully saturated rings. The lowest BCUT2D eigenvalue weighted by Gasteiger charge is -2.33. The molecular formula is C21H30N4O4S2. The SMILES string of the molecule is CCc1nc(-c2csc(S(=O)(=O)N3CCC[C@@H](C(=O)NC4CCC(C)CC4)C3)c2)no1. The van der Waals surface area contributed by atoms with Gasteiger partial charge in [0.05, 0.1) is 5.92 Å². The summed E-state index contributed by atoms with van der Waals surface area (Å²) in [5.74, 6) is 1.33. The maximum Gasteiger partial charge on any atom is 0.252 e. The molecule has 1 atom stereocenters. The van der Waals surface area contributed by atoms with Gasteiger partial charge in [0.2, 0.25) is 17.6 Å². The summed E-state index contributed by atoms with van der Waals surface area (Å²) < 4.78 is 33.3. The van der Waals surface area contributed by atoms with Crippen molar-refractivity contribution in [1.82, 2.24) is 19.8 Å². The fraction of sp³-hybridized carbons (Fsp3) is 0.667. The molecule has 1 saturated carbocycles. The maximum atomic E-state index is 13.2. The molecule has 1 aliphatic carbocycles. The van der Waals surface area contributed by atoms with Crippen molar-refractivity contribution >= 4 is 27.3 Å². The van der Waals surface area contributed by atoms with Crippen LogP contribution in [0.25, 0.3) is 11.4 Å². The first-order valence-corrected chi connectivity index (χ1v) is 13.4. The average Bonchev–Trinajstić information content (AvgIpc) is 3.45. The Labute approximate surface area is 187 Å². The maximum absolute atomic E-state index is 13.2. The number of piperidine rings is 1. The molecule has 2 aromatic rings. The molecule has 3 heterocycles. The van der Waals surface area contributed by atoms with Crippen molar-refractivity contribution < 1.29 is 17.7 Å². The minimum absolute atomic E-state index is 0.00906. The lowest BCUT2D eigenvalue weighted by atomic mass is 9.87. The molecule has 170 valence electrons. The Morgan fingerprint density at radius 2 is 2.06 bits per heavy atom. The van der Waals surface area contributed by atoms with Gasteiger partial charge < -0.3 is 9.84 Å². The van der Waals surface area contributed by atoms with E-state index in [1.54, 1.807) is 11.4 Å². The van der Waals surface area contributed by atoms with E-state index in [0.717, 1.165) is 49.4 Å². The molecule has 0 aromatic carbocycles. The minimum atomic E-state index is -3.67. The van der Waals surface area contributed by atoms with Crippen molar-refractivity contribution in [1.29, 1.82) is 0 Å². The predicted octanol–water partition coefficient (Wildman–Crippen LogP) is 3.46. The number of carbonyl (C=O) groups excluding carboxylic acids is 1. The van der Waals surface area contributed by atoms with Crippen LogP contribution in [0.3, 0.4) is 0 Å². The average molecular weight is 467 g/mol. The lowest BCUT2D eigenvalue weighted by molar-refractivity contribution is -0.127. The summed E-state index contributed by atoms with van der Waals surface area (Å²) in [6.45, 7) is 4.83. The van der Waals surface area contributed by atoms with Gasteiger partial charge in [-0.15, -0.1) is 11.3 Å². The zero-order valence-corrected chi connectivity index (χ0v) is 19.7. The summed E-state index contributed by atoms with van der Waals surface area (Å²) in [5.41, 5.74) is 0.629. The fourth-order valence-corrected chi connectivity index (χ4v) is 7.14. The normalized spacial score (nSPS) is 25.4. The van der Waals surface area contributed by atoms with Crippen LogP contribution in [0.5, 0.6) is 0 Å². The summed E-state index contributed by atoms with van der Waals surface area (Å²) in [6.07, 6.45) is 6.32. The van der Waals surface area contributed by atoms with Gasteiger partial charge in [0.1, 0.15) is 4.21 Å². The first-order valence-electron chi connectivity index (χ1n) is 11.1. The topological polar surface area (TPSA) is 105 Å². The Morgan fingerprint density at radius 3 is 2.77 bits per heavy atom. The highest BCUT2D eigenvalue weighted by Gasteiger charge is 2.35. The smallest absolute Gasteiger partial charge is 0.252 e. The van der Waals surface area contributed by atoms with Gasteiger partial charge in [-0.3, -0.25) is 4.79 Å². The Hall–Kier alpha value is -1.78. The second kappa shape index (κ2) is 9.38. The van der Waals surface area contributed by atoms with E-state index in [1.165, 1.54) is 4.31 Å². The van der Waals surface area contributed by atoms with Gasteiger partial charge in [-0.1, -0.05) is 19.0 Å². The van der Waals surface area contributed by atoms with Gasteiger partial charge in [-0.05, 0) is 50.5 Å². The Balaban J connectivity index is 1.42. The number of aryl methyl sites for hydroxylation is 1. The molecule has 0 radical (unpaired) electrons. The van der Waals surface area contributed by atoms with Crippen molar-refractivity contribution in [2.75, 3.05) is 13.1 Å². The minimum Gasteiger partial charge on any atom is -0.353 e. The van der Waals surface area contributed by atoms with E-state index in [4.69, 9.17) is 4.52 Å². The molecule has 8 nitrogen and oxygen atoms in total. The first-order chi connectivity index (χ1) is 14.9. The van der Waals surface area contributed by atoms with Crippen LogP contribution in [-0.4, -0.2) is 47.9 Å². The number of hydrogen-bond acceptors (Lipinski definition) is 7. The molecule has 2 aliphatic rings. The third kappa shape index (κ3) is 5.01. The molecule has 4 rings (SSSR count). The molecule has 31 heavy (non-hydrogen) atoms. The summed E-state index contributed by atoms with van der Waals surface area (Å²) >= 11 is 1.15. The first kappa shape index (κ1) is 22.4. The monoisotopic (exact) mass is 466 g/mol. The van der Waals surface area contributed by atoms with Gasteiger partial charge in [0.15, 0.2) is 0 Å². The second-order valence-electron chi connectivity index (χ2n) is 8.69. The summed E-state index contributed by atoms with van der Waals surface area (Å²) in [6, 6.07) is 1.82. The molecule has 1 aliphatic heterocycles. The summed E-state index contributed by atoms with van der Waals surface area (Å²) in [4.78, 5) is 17.1.